The number of nitrogens with zero attached hydrogens (tertiary/aromatic N) is 1. The minimum Gasteiger partial charge on any atom is -0.495 e. The molecule has 0 radical (unpaired) electrons. The molecule has 0 saturated carbocycles. The van der Waals surface area contributed by atoms with Crippen LogP contribution in [0, 0.1) is 5.92 Å². The van der Waals surface area contributed by atoms with Crippen LogP contribution in [0.25, 0.3) is 0 Å². The lowest BCUT2D eigenvalue weighted by molar-refractivity contribution is 0.186. The summed E-state index contributed by atoms with van der Waals surface area (Å²) >= 11 is 0. The fraction of sp³-hybridized carbons (Fsp3) is 0.600. The third-order valence-corrected chi connectivity index (χ3v) is 3.75. The zero-order valence-electron chi connectivity index (χ0n) is 11.5. The average Bonchev–Trinajstić information content (AvgIpc) is 2.37. The van der Waals surface area contributed by atoms with E-state index < -0.39 is 0 Å². The highest BCUT2D eigenvalue weighted by Crippen LogP contribution is 2.22. The molecule has 1 atom stereocenters. The number of likely N-dealkylation sites (tertiary alicyclic amines) is 1. The number of rotatable bonds is 4. The number of ether oxygens (including phenoxy) is 1. The molecule has 100 valence electrons. The van der Waals surface area contributed by atoms with Gasteiger partial charge in [0.05, 0.1) is 12.8 Å². The van der Waals surface area contributed by atoms with Crippen molar-refractivity contribution in [2.24, 2.45) is 5.92 Å². The second-order valence-electron chi connectivity index (χ2n) is 5.37. The first kappa shape index (κ1) is 13.2. The minimum absolute atomic E-state index is 0.738. The van der Waals surface area contributed by atoms with Crippen molar-refractivity contribution in [3.05, 3.63) is 23.8 Å². The first-order valence-electron chi connectivity index (χ1n) is 6.84. The molecule has 2 N–H and O–H groups in total. The van der Waals surface area contributed by atoms with Crippen molar-refractivity contribution in [3.8, 4) is 5.75 Å². The number of hydrogen-bond donors (Lipinski definition) is 1. The Morgan fingerprint density at radius 1 is 1.44 bits per heavy atom. The number of benzene rings is 1. The minimum atomic E-state index is 0.738. The summed E-state index contributed by atoms with van der Waals surface area (Å²) in [5.74, 6) is 1.62. The Labute approximate surface area is 110 Å². The van der Waals surface area contributed by atoms with Crippen LogP contribution in [0.1, 0.15) is 25.3 Å². The Hall–Kier alpha value is -1.22. The normalized spacial score (nSPS) is 20.9. The van der Waals surface area contributed by atoms with E-state index in [2.05, 4.69) is 17.9 Å². The predicted molar refractivity (Wildman–Crippen MR) is 75.9 cm³/mol. The van der Waals surface area contributed by atoms with E-state index in [1.54, 1.807) is 7.11 Å². The quantitative estimate of drug-likeness (QED) is 0.832. The van der Waals surface area contributed by atoms with E-state index in [0.717, 1.165) is 30.3 Å². The van der Waals surface area contributed by atoms with Gasteiger partial charge in [0.1, 0.15) is 5.75 Å². The molecule has 1 aromatic rings. The molecular weight excluding hydrogens is 224 g/mol. The second-order valence-corrected chi connectivity index (χ2v) is 5.37. The molecule has 1 aliphatic heterocycles. The lowest BCUT2D eigenvalue weighted by Crippen LogP contribution is -2.35. The first-order chi connectivity index (χ1) is 8.69. The number of hydrogen-bond acceptors (Lipinski definition) is 3. The third kappa shape index (κ3) is 3.39. The summed E-state index contributed by atoms with van der Waals surface area (Å²) in [7, 11) is 1.65. The molecule has 0 amide bonds. The predicted octanol–water partition coefficient (Wildman–Crippen LogP) is 2.55. The van der Waals surface area contributed by atoms with Crippen LogP contribution in [0.5, 0.6) is 5.75 Å². The molecule has 1 heterocycles. The van der Waals surface area contributed by atoms with Crippen LogP contribution in [-0.4, -0.2) is 31.6 Å². The van der Waals surface area contributed by atoms with Crippen LogP contribution in [0.3, 0.4) is 0 Å². The van der Waals surface area contributed by atoms with Gasteiger partial charge in [-0.1, -0.05) is 13.0 Å². The van der Waals surface area contributed by atoms with E-state index >= 15 is 0 Å². The van der Waals surface area contributed by atoms with Gasteiger partial charge in [0.25, 0.3) is 0 Å². The third-order valence-electron chi connectivity index (χ3n) is 3.75. The van der Waals surface area contributed by atoms with Crippen LogP contribution < -0.4 is 10.5 Å². The summed E-state index contributed by atoms with van der Waals surface area (Å²) in [4.78, 5) is 2.56. The Kier molecular flexibility index (Phi) is 4.48. The van der Waals surface area contributed by atoms with E-state index in [1.165, 1.54) is 31.5 Å². The smallest absolute Gasteiger partial charge is 0.141 e. The molecule has 3 heteroatoms. The summed E-state index contributed by atoms with van der Waals surface area (Å²) in [5.41, 5.74) is 7.96. The SMILES string of the molecule is COc1ccc(CCN2CCCC(C)C2)cc1N. The Morgan fingerprint density at radius 2 is 2.28 bits per heavy atom. The van der Waals surface area contributed by atoms with Gasteiger partial charge >= 0.3 is 0 Å². The van der Waals surface area contributed by atoms with Gasteiger partial charge in [-0.3, -0.25) is 0 Å². The van der Waals surface area contributed by atoms with Gasteiger partial charge in [0.15, 0.2) is 0 Å². The van der Waals surface area contributed by atoms with E-state index in [4.69, 9.17) is 10.5 Å². The highest BCUT2D eigenvalue weighted by atomic mass is 16.5. The van der Waals surface area contributed by atoms with Gasteiger partial charge in [-0.25, -0.2) is 0 Å². The molecule has 1 saturated heterocycles. The second kappa shape index (κ2) is 6.10. The van der Waals surface area contributed by atoms with Gasteiger partial charge in [-0.2, -0.15) is 0 Å². The van der Waals surface area contributed by atoms with Crippen molar-refractivity contribution in [2.45, 2.75) is 26.2 Å². The molecule has 0 aliphatic carbocycles. The first-order valence-corrected chi connectivity index (χ1v) is 6.84. The van der Waals surface area contributed by atoms with Gasteiger partial charge in [0.2, 0.25) is 0 Å². The van der Waals surface area contributed by atoms with Crippen LogP contribution in [0.2, 0.25) is 0 Å². The van der Waals surface area contributed by atoms with Crippen LogP contribution >= 0.6 is 0 Å². The maximum Gasteiger partial charge on any atom is 0.141 e. The highest BCUT2D eigenvalue weighted by molar-refractivity contribution is 5.54. The van der Waals surface area contributed by atoms with Crippen molar-refractivity contribution in [1.82, 2.24) is 4.90 Å². The average molecular weight is 248 g/mol. The zero-order chi connectivity index (χ0) is 13.0. The van der Waals surface area contributed by atoms with Crippen molar-refractivity contribution in [1.29, 1.82) is 0 Å². The molecule has 2 rings (SSSR count). The molecule has 18 heavy (non-hydrogen) atoms. The monoisotopic (exact) mass is 248 g/mol. The molecule has 0 bridgehead atoms. The van der Waals surface area contributed by atoms with Gasteiger partial charge in [-0.15, -0.1) is 0 Å². The summed E-state index contributed by atoms with van der Waals surface area (Å²) in [6.45, 7) is 5.97. The van der Waals surface area contributed by atoms with E-state index in [1.807, 2.05) is 12.1 Å². The fourth-order valence-electron chi connectivity index (χ4n) is 2.72. The lowest BCUT2D eigenvalue weighted by atomic mass is 10.00. The van der Waals surface area contributed by atoms with Crippen LogP contribution in [0.15, 0.2) is 18.2 Å². The summed E-state index contributed by atoms with van der Waals surface area (Å²) in [6, 6.07) is 6.11. The maximum absolute atomic E-state index is 5.92. The molecule has 3 nitrogen and oxygen atoms in total. The number of nitrogens with two attached hydrogens (primary N) is 1. The van der Waals surface area contributed by atoms with Gasteiger partial charge < -0.3 is 15.4 Å². The molecule has 1 fully saturated rings. The van der Waals surface area contributed by atoms with E-state index in [0.29, 0.717) is 0 Å². The molecule has 0 aromatic heterocycles. The maximum atomic E-state index is 5.92. The Bertz CT molecular complexity index is 392. The van der Waals surface area contributed by atoms with Crippen molar-refractivity contribution < 1.29 is 4.74 Å². The molecule has 0 spiro atoms. The van der Waals surface area contributed by atoms with Crippen LogP contribution in [-0.2, 0) is 6.42 Å². The lowest BCUT2D eigenvalue weighted by Gasteiger charge is -2.30. The van der Waals surface area contributed by atoms with Crippen molar-refractivity contribution in [2.75, 3.05) is 32.5 Å². The van der Waals surface area contributed by atoms with Crippen LogP contribution in [0.4, 0.5) is 5.69 Å². The van der Waals surface area contributed by atoms with E-state index in [9.17, 15) is 0 Å². The Morgan fingerprint density at radius 3 is 2.94 bits per heavy atom. The zero-order valence-corrected chi connectivity index (χ0v) is 11.5. The van der Waals surface area contributed by atoms with Gasteiger partial charge in [-0.05, 0) is 49.4 Å². The topological polar surface area (TPSA) is 38.5 Å². The van der Waals surface area contributed by atoms with Crippen molar-refractivity contribution >= 4 is 5.69 Å². The molecule has 1 unspecified atom stereocenters. The standard InChI is InChI=1S/C15H24N2O/c1-12-4-3-8-17(11-12)9-7-13-5-6-15(18-2)14(16)10-13/h5-6,10,12H,3-4,7-9,11,16H2,1-2H3. The fourth-order valence-corrected chi connectivity index (χ4v) is 2.72. The molecule has 1 aliphatic rings. The number of nitrogen functional groups attached to an aromatic ring is 1. The summed E-state index contributed by atoms with van der Waals surface area (Å²) in [6.07, 6.45) is 3.79. The number of piperidine rings is 1. The molecular formula is C15H24N2O. The molecule has 1 aromatic carbocycles. The number of methoxy groups -OCH3 is 1. The van der Waals surface area contributed by atoms with Crippen molar-refractivity contribution in [3.63, 3.8) is 0 Å². The van der Waals surface area contributed by atoms with Gasteiger partial charge in [0, 0.05) is 13.1 Å². The Balaban J connectivity index is 1.88. The number of anilines is 1. The summed E-state index contributed by atoms with van der Waals surface area (Å²) < 4.78 is 5.17. The van der Waals surface area contributed by atoms with E-state index in [-0.39, 0.29) is 0 Å². The largest absolute Gasteiger partial charge is 0.495 e. The summed E-state index contributed by atoms with van der Waals surface area (Å²) in [5, 5.41) is 0. The highest BCUT2D eigenvalue weighted by Gasteiger charge is 2.15.